The molecule has 1 aliphatic rings. The minimum Gasteiger partial charge on any atom is -0.449 e. The first-order valence-corrected chi connectivity index (χ1v) is 9.20. The summed E-state index contributed by atoms with van der Waals surface area (Å²) in [6.45, 7) is 2.93. The van der Waals surface area contributed by atoms with E-state index in [2.05, 4.69) is 0 Å². The maximum atomic E-state index is 12.1. The van der Waals surface area contributed by atoms with E-state index in [1.165, 1.54) is 38.4 Å². The van der Waals surface area contributed by atoms with Crippen molar-refractivity contribution >= 4 is 21.9 Å². The highest BCUT2D eigenvalue weighted by Crippen LogP contribution is 2.16. The van der Waals surface area contributed by atoms with Crippen LogP contribution in [-0.4, -0.2) is 62.8 Å². The SMILES string of the molecule is C[C@@H](OC(=O)c1ccc(S(=O)(=O)N(C)C)cc1)C(=O)N1CCCC1. The van der Waals surface area contributed by atoms with Crippen LogP contribution >= 0.6 is 0 Å². The molecule has 1 aromatic carbocycles. The summed E-state index contributed by atoms with van der Waals surface area (Å²) in [4.78, 5) is 26.0. The zero-order valence-electron chi connectivity index (χ0n) is 14.1. The van der Waals surface area contributed by atoms with E-state index >= 15 is 0 Å². The first kappa shape index (κ1) is 18.4. The van der Waals surface area contributed by atoms with Crippen LogP contribution in [0.4, 0.5) is 0 Å². The second kappa shape index (κ2) is 7.31. The van der Waals surface area contributed by atoms with Crippen LogP contribution < -0.4 is 0 Å². The third-order valence-electron chi connectivity index (χ3n) is 3.92. The number of esters is 1. The molecule has 0 aromatic heterocycles. The lowest BCUT2D eigenvalue weighted by Gasteiger charge is -2.20. The Hall–Kier alpha value is -1.93. The van der Waals surface area contributed by atoms with E-state index in [0.717, 1.165) is 17.1 Å². The van der Waals surface area contributed by atoms with Crippen LogP contribution in [0.2, 0.25) is 0 Å². The minimum atomic E-state index is -3.55. The number of amides is 1. The summed E-state index contributed by atoms with van der Waals surface area (Å²) in [5.74, 6) is -0.850. The van der Waals surface area contributed by atoms with Crippen LogP contribution in [0.3, 0.4) is 0 Å². The molecule has 1 atom stereocenters. The number of carbonyl (C=O) groups excluding carboxylic acids is 2. The average molecular weight is 354 g/mol. The van der Waals surface area contributed by atoms with Crippen molar-refractivity contribution in [2.75, 3.05) is 27.2 Å². The molecule has 0 unspecified atom stereocenters. The van der Waals surface area contributed by atoms with Gasteiger partial charge in [-0.3, -0.25) is 4.79 Å². The molecule has 1 heterocycles. The maximum Gasteiger partial charge on any atom is 0.338 e. The predicted molar refractivity (Wildman–Crippen MR) is 88.0 cm³/mol. The van der Waals surface area contributed by atoms with Gasteiger partial charge in [0.05, 0.1) is 10.5 Å². The fourth-order valence-corrected chi connectivity index (χ4v) is 3.35. The molecule has 24 heavy (non-hydrogen) atoms. The fraction of sp³-hybridized carbons (Fsp3) is 0.500. The summed E-state index contributed by atoms with van der Waals surface area (Å²) in [6, 6.07) is 5.45. The second-order valence-electron chi connectivity index (χ2n) is 5.89. The Balaban J connectivity index is 2.03. The van der Waals surface area contributed by atoms with Crippen molar-refractivity contribution in [2.24, 2.45) is 0 Å². The largest absolute Gasteiger partial charge is 0.449 e. The minimum absolute atomic E-state index is 0.0882. The number of benzene rings is 1. The standard InChI is InChI=1S/C16H22N2O5S/c1-12(15(19)18-10-4-5-11-18)23-16(20)13-6-8-14(9-7-13)24(21,22)17(2)3/h6-9,12H,4-5,10-11H2,1-3H3/t12-/m1/s1. The van der Waals surface area contributed by atoms with Crippen molar-refractivity contribution in [1.29, 1.82) is 0 Å². The van der Waals surface area contributed by atoms with Crippen molar-refractivity contribution in [2.45, 2.75) is 30.8 Å². The molecule has 1 saturated heterocycles. The van der Waals surface area contributed by atoms with E-state index in [1.54, 1.807) is 11.8 Å². The number of sulfonamides is 1. The van der Waals surface area contributed by atoms with E-state index in [4.69, 9.17) is 4.74 Å². The Morgan fingerprint density at radius 2 is 1.67 bits per heavy atom. The number of ether oxygens (including phenoxy) is 1. The van der Waals surface area contributed by atoms with Crippen LogP contribution in [0.1, 0.15) is 30.1 Å². The van der Waals surface area contributed by atoms with E-state index in [0.29, 0.717) is 13.1 Å². The molecular weight excluding hydrogens is 332 g/mol. The highest BCUT2D eigenvalue weighted by Gasteiger charge is 2.26. The molecule has 1 aliphatic heterocycles. The molecule has 2 rings (SSSR count). The number of rotatable bonds is 5. The molecular formula is C16H22N2O5S. The van der Waals surface area contributed by atoms with Gasteiger partial charge in [-0.25, -0.2) is 17.5 Å². The van der Waals surface area contributed by atoms with Gasteiger partial charge in [-0.15, -0.1) is 0 Å². The number of hydrogen-bond donors (Lipinski definition) is 0. The second-order valence-corrected chi connectivity index (χ2v) is 8.04. The molecule has 132 valence electrons. The molecule has 1 amide bonds. The van der Waals surface area contributed by atoms with Gasteiger partial charge < -0.3 is 9.64 Å². The summed E-state index contributed by atoms with van der Waals surface area (Å²) in [5.41, 5.74) is 0.203. The topological polar surface area (TPSA) is 84.0 Å². The number of likely N-dealkylation sites (tertiary alicyclic amines) is 1. The quantitative estimate of drug-likeness (QED) is 0.740. The van der Waals surface area contributed by atoms with Crippen molar-refractivity contribution < 1.29 is 22.7 Å². The van der Waals surface area contributed by atoms with Crippen molar-refractivity contribution in [3.63, 3.8) is 0 Å². The molecule has 1 aromatic rings. The van der Waals surface area contributed by atoms with E-state index in [9.17, 15) is 18.0 Å². The molecule has 0 spiro atoms. The van der Waals surface area contributed by atoms with Crippen LogP contribution in [0, 0.1) is 0 Å². The lowest BCUT2D eigenvalue weighted by atomic mass is 10.2. The molecule has 0 N–H and O–H groups in total. The van der Waals surface area contributed by atoms with Crippen molar-refractivity contribution in [3.8, 4) is 0 Å². The third kappa shape index (κ3) is 3.93. The van der Waals surface area contributed by atoms with Gasteiger partial charge in [0.1, 0.15) is 0 Å². The predicted octanol–water partition coefficient (Wildman–Crippen LogP) is 1.10. The highest BCUT2D eigenvalue weighted by atomic mass is 32.2. The van der Waals surface area contributed by atoms with Gasteiger partial charge in [0, 0.05) is 27.2 Å². The molecule has 0 radical (unpaired) electrons. The summed E-state index contributed by atoms with van der Waals surface area (Å²) in [7, 11) is -0.679. The third-order valence-corrected chi connectivity index (χ3v) is 5.75. The number of nitrogens with zero attached hydrogens (tertiary/aromatic N) is 2. The van der Waals surface area contributed by atoms with Gasteiger partial charge in [-0.05, 0) is 44.0 Å². The molecule has 0 saturated carbocycles. The average Bonchev–Trinajstić information content (AvgIpc) is 3.08. The van der Waals surface area contributed by atoms with Gasteiger partial charge in [-0.1, -0.05) is 0 Å². The van der Waals surface area contributed by atoms with Gasteiger partial charge in [-0.2, -0.15) is 0 Å². The summed E-state index contributed by atoms with van der Waals surface area (Å²) in [5, 5.41) is 0. The van der Waals surface area contributed by atoms with Crippen molar-refractivity contribution in [3.05, 3.63) is 29.8 Å². The first-order valence-electron chi connectivity index (χ1n) is 7.76. The summed E-state index contributed by atoms with van der Waals surface area (Å²) < 4.78 is 30.3. The molecule has 0 aliphatic carbocycles. The Bertz CT molecular complexity index is 706. The normalized spacial score (nSPS) is 16.2. The maximum absolute atomic E-state index is 12.1. The van der Waals surface area contributed by atoms with Crippen LogP contribution in [0.25, 0.3) is 0 Å². The molecule has 7 nitrogen and oxygen atoms in total. The van der Waals surface area contributed by atoms with Gasteiger partial charge in [0.2, 0.25) is 10.0 Å². The highest BCUT2D eigenvalue weighted by molar-refractivity contribution is 7.89. The van der Waals surface area contributed by atoms with Crippen LogP contribution in [0.15, 0.2) is 29.2 Å². The molecule has 8 heteroatoms. The Morgan fingerprint density at radius 3 is 2.17 bits per heavy atom. The Labute approximate surface area is 142 Å². The zero-order chi connectivity index (χ0) is 17.9. The molecule has 1 fully saturated rings. The van der Waals surface area contributed by atoms with Crippen LogP contribution in [0.5, 0.6) is 0 Å². The zero-order valence-corrected chi connectivity index (χ0v) is 14.9. The number of hydrogen-bond acceptors (Lipinski definition) is 5. The van der Waals surface area contributed by atoms with Crippen LogP contribution in [-0.2, 0) is 19.6 Å². The first-order chi connectivity index (χ1) is 11.2. The van der Waals surface area contributed by atoms with Gasteiger partial charge in [0.25, 0.3) is 5.91 Å². The van der Waals surface area contributed by atoms with Gasteiger partial charge >= 0.3 is 5.97 Å². The smallest absolute Gasteiger partial charge is 0.338 e. The summed E-state index contributed by atoms with van der Waals surface area (Å²) in [6.07, 6.45) is 1.07. The van der Waals surface area contributed by atoms with E-state index < -0.39 is 22.1 Å². The van der Waals surface area contributed by atoms with Crippen molar-refractivity contribution in [1.82, 2.24) is 9.21 Å². The monoisotopic (exact) mass is 354 g/mol. The Kier molecular flexibility index (Phi) is 5.61. The fourth-order valence-electron chi connectivity index (χ4n) is 2.45. The van der Waals surface area contributed by atoms with Gasteiger partial charge in [0.15, 0.2) is 6.10 Å². The lowest BCUT2D eigenvalue weighted by molar-refractivity contribution is -0.138. The molecule has 0 bridgehead atoms. The van der Waals surface area contributed by atoms with E-state index in [-0.39, 0.29) is 16.4 Å². The summed E-state index contributed by atoms with van der Waals surface area (Å²) >= 11 is 0. The van der Waals surface area contributed by atoms with E-state index in [1.807, 2.05) is 0 Å². The number of carbonyl (C=O) groups is 2. The Morgan fingerprint density at radius 1 is 1.12 bits per heavy atom. The lowest BCUT2D eigenvalue weighted by Crippen LogP contribution is -2.38.